The van der Waals surface area contributed by atoms with Crippen molar-refractivity contribution in [3.63, 3.8) is 0 Å². The summed E-state index contributed by atoms with van der Waals surface area (Å²) in [7, 11) is 0. The normalized spacial score (nSPS) is 12.7. The second kappa shape index (κ2) is 9.14. The summed E-state index contributed by atoms with van der Waals surface area (Å²) in [5, 5.41) is 11.1. The van der Waals surface area contributed by atoms with Crippen molar-refractivity contribution < 1.29 is 50.5 Å². The van der Waals surface area contributed by atoms with Crippen LogP contribution in [-0.2, 0) is 14.3 Å². The molecule has 0 bridgehead atoms. The smallest absolute Gasteiger partial charge is 0.399 e. The van der Waals surface area contributed by atoms with Crippen molar-refractivity contribution >= 4 is 79.7 Å². The summed E-state index contributed by atoms with van der Waals surface area (Å²) >= 11 is 5.72. The van der Waals surface area contributed by atoms with Gasteiger partial charge in [0, 0.05) is 10.7 Å². The summed E-state index contributed by atoms with van der Waals surface area (Å²) in [4.78, 5) is 23.0. The van der Waals surface area contributed by atoms with Crippen LogP contribution in [0.25, 0.3) is 0 Å². The fraction of sp³-hybridized carbons (Fsp3) is 0.385. The van der Waals surface area contributed by atoms with Crippen LogP contribution < -0.4 is 5.11 Å². The maximum absolute atomic E-state index is 12.4. The molecule has 0 saturated carbocycles. The molecule has 0 heterocycles. The Balaban J connectivity index is 2.73. The third-order valence-electron chi connectivity index (χ3n) is 2.85. The van der Waals surface area contributed by atoms with Crippen LogP contribution >= 0.6 is 67.8 Å². The predicted octanol–water partition coefficient (Wildman–Crippen LogP) is 3.42. The number of hydrogen-bond acceptors (Lipinski definition) is 5. The molecule has 5 nitrogen and oxygen atoms in total. The van der Waals surface area contributed by atoms with E-state index in [0.717, 1.165) is 0 Å². The lowest BCUT2D eigenvalue weighted by Crippen LogP contribution is -2.71. The molecule has 0 aliphatic heterocycles. The molecule has 0 radical (unpaired) electrons. The predicted molar refractivity (Wildman–Crippen MR) is 101 cm³/mol. The van der Waals surface area contributed by atoms with Gasteiger partial charge in [-0.3, -0.25) is 4.79 Å². The number of benzene rings is 1. The van der Waals surface area contributed by atoms with Crippen LogP contribution in [0, 0.1) is 10.7 Å². The largest absolute Gasteiger partial charge is 0.828 e. The summed E-state index contributed by atoms with van der Waals surface area (Å²) in [6.07, 6.45) is -12.9. The highest BCUT2D eigenvalue weighted by molar-refractivity contribution is 14.1. The zero-order chi connectivity index (χ0) is 21.2. The van der Waals surface area contributed by atoms with Gasteiger partial charge in [0.2, 0.25) is 0 Å². The summed E-state index contributed by atoms with van der Waals surface area (Å²) in [6, 6.07) is 3.21. The van der Waals surface area contributed by atoms with E-state index in [4.69, 9.17) is 0 Å². The topological polar surface area (TPSA) is 75.7 Å². The van der Waals surface area contributed by atoms with Crippen LogP contribution in [-0.4, -0.2) is 43.1 Å². The van der Waals surface area contributed by atoms with Crippen LogP contribution in [0.4, 0.5) is 26.3 Å². The molecule has 0 saturated heterocycles. The minimum absolute atomic E-state index is 0.113. The Morgan fingerprint density at radius 3 is 1.89 bits per heavy atom. The average Bonchev–Trinajstić information content (AvgIpc) is 2.51. The van der Waals surface area contributed by atoms with Gasteiger partial charge in [-0.05, 0) is 79.9 Å². The molecule has 0 aromatic heterocycles. The fourth-order valence-electron chi connectivity index (χ4n) is 1.54. The van der Waals surface area contributed by atoms with Crippen molar-refractivity contribution in [1.82, 2.24) is 0 Å². The summed E-state index contributed by atoms with van der Waals surface area (Å²) < 4.78 is 84.8. The first-order chi connectivity index (χ1) is 12.1. The number of carbonyl (C=O) groups excluding carboxylic acids is 2. The van der Waals surface area contributed by atoms with Crippen molar-refractivity contribution in [2.45, 2.75) is 18.0 Å². The maximum atomic E-state index is 12.4. The number of hydrogen-bond donors (Lipinski definition) is 0. The van der Waals surface area contributed by atoms with Crippen molar-refractivity contribution in [2.75, 3.05) is 13.2 Å². The molecule has 1 rings (SSSR count). The molecule has 0 unspecified atom stereocenters. The highest BCUT2D eigenvalue weighted by Crippen LogP contribution is 2.41. The summed E-state index contributed by atoms with van der Waals surface area (Å²) in [5.41, 5.74) is -5.81. The van der Waals surface area contributed by atoms with Gasteiger partial charge in [0.15, 0.2) is 5.60 Å². The quantitative estimate of drug-likeness (QED) is 0.153. The molecule has 0 atom stereocenters. The van der Waals surface area contributed by atoms with E-state index in [1.165, 1.54) is 6.07 Å². The van der Waals surface area contributed by atoms with Gasteiger partial charge in [0.05, 0.1) is 5.56 Å². The fourth-order valence-corrected chi connectivity index (χ4v) is 3.92. The highest BCUT2D eigenvalue weighted by Gasteiger charge is 2.68. The van der Waals surface area contributed by atoms with Crippen molar-refractivity contribution in [3.8, 4) is 0 Å². The van der Waals surface area contributed by atoms with Crippen LogP contribution in [0.5, 0.6) is 0 Å². The molecule has 1 aromatic carbocycles. The minimum atomic E-state index is -6.45. The van der Waals surface area contributed by atoms with E-state index < -0.39 is 43.1 Å². The zero-order valence-corrected chi connectivity index (χ0v) is 19.0. The highest BCUT2D eigenvalue weighted by atomic mass is 127. The van der Waals surface area contributed by atoms with Gasteiger partial charge >= 0.3 is 24.3 Å². The summed E-state index contributed by atoms with van der Waals surface area (Å²) in [5.74, 6) is -4.00. The van der Waals surface area contributed by atoms with Gasteiger partial charge in [0.25, 0.3) is 0 Å². The molecule has 0 spiro atoms. The molecule has 1 aromatic rings. The Kier molecular flexibility index (Phi) is 8.44. The van der Waals surface area contributed by atoms with Gasteiger partial charge in [-0.15, -0.1) is 0 Å². The van der Waals surface area contributed by atoms with E-state index in [0.29, 0.717) is 10.7 Å². The molecule has 14 heteroatoms. The van der Waals surface area contributed by atoms with E-state index in [1.807, 2.05) is 67.8 Å². The average molecular weight is 737 g/mol. The standard InChI is InChI=1S/C13H6F6I3O5/c14-12(15,16)11(25,13(17,18)19)10(24)27-2-1-26-9(23)6-3-5(20)4-7(21)8(6)22/h3-4H,1-2H2/q-1. The van der Waals surface area contributed by atoms with Crippen LogP contribution in [0.2, 0.25) is 0 Å². The number of halogens is 9. The molecule has 27 heavy (non-hydrogen) atoms. The Labute approximate surface area is 188 Å². The van der Waals surface area contributed by atoms with Crippen LogP contribution in [0.1, 0.15) is 10.4 Å². The first kappa shape index (κ1) is 24.9. The van der Waals surface area contributed by atoms with Crippen LogP contribution in [0.15, 0.2) is 12.1 Å². The number of ether oxygens (including phenoxy) is 2. The van der Waals surface area contributed by atoms with Gasteiger partial charge < -0.3 is 14.6 Å². The van der Waals surface area contributed by atoms with Gasteiger partial charge in [-0.1, -0.05) is 0 Å². The number of alkyl halides is 6. The lowest BCUT2D eigenvalue weighted by Gasteiger charge is -2.40. The van der Waals surface area contributed by atoms with Gasteiger partial charge in [-0.2, -0.15) is 26.3 Å². The second-order valence-electron chi connectivity index (χ2n) is 4.70. The Morgan fingerprint density at radius 1 is 0.926 bits per heavy atom. The van der Waals surface area contributed by atoms with E-state index in [9.17, 15) is 41.0 Å². The van der Waals surface area contributed by atoms with Crippen LogP contribution in [0.3, 0.4) is 0 Å². The van der Waals surface area contributed by atoms with Crippen molar-refractivity contribution in [2.24, 2.45) is 0 Å². The molecule has 0 aliphatic rings. The number of esters is 2. The lowest BCUT2D eigenvalue weighted by molar-refractivity contribution is -0.574. The van der Waals surface area contributed by atoms with Gasteiger partial charge in [0.1, 0.15) is 13.2 Å². The SMILES string of the molecule is O=C(OCCOC(=O)C([O-])(C(F)(F)F)C(F)(F)F)c1cc(I)cc(I)c1I. The Morgan fingerprint density at radius 2 is 1.41 bits per heavy atom. The molecule has 152 valence electrons. The number of rotatable bonds is 5. The molecule has 0 N–H and O–H groups in total. The zero-order valence-electron chi connectivity index (χ0n) is 12.5. The van der Waals surface area contributed by atoms with E-state index in [2.05, 4.69) is 9.47 Å². The van der Waals surface area contributed by atoms with Crippen molar-refractivity contribution in [1.29, 1.82) is 0 Å². The van der Waals surface area contributed by atoms with Gasteiger partial charge in [-0.25, -0.2) is 4.79 Å². The summed E-state index contributed by atoms with van der Waals surface area (Å²) in [6.45, 7) is -1.99. The maximum Gasteiger partial charge on any atom is 0.399 e. The molecular weight excluding hydrogens is 731 g/mol. The lowest BCUT2D eigenvalue weighted by atomic mass is 10.0. The van der Waals surface area contributed by atoms with E-state index in [1.54, 1.807) is 6.07 Å². The molecule has 0 amide bonds. The first-order valence-electron chi connectivity index (χ1n) is 6.45. The first-order valence-corrected chi connectivity index (χ1v) is 9.69. The Hall–Kier alpha value is -0.110. The molecule has 0 fully saturated rings. The minimum Gasteiger partial charge on any atom is -0.828 e. The Bertz CT molecular complexity index is 720. The van der Waals surface area contributed by atoms with Crippen molar-refractivity contribution in [3.05, 3.63) is 28.4 Å². The van der Waals surface area contributed by atoms with E-state index >= 15 is 0 Å². The molecular formula is C13H6F6I3O5-. The van der Waals surface area contributed by atoms with E-state index in [-0.39, 0.29) is 5.56 Å². The number of carbonyl (C=O) groups is 2. The monoisotopic (exact) mass is 737 g/mol. The third kappa shape index (κ3) is 5.71. The second-order valence-corrected chi connectivity index (χ2v) is 8.18. The molecule has 0 aliphatic carbocycles. The third-order valence-corrected chi connectivity index (χ3v) is 6.52.